The molecule has 0 amide bonds. The Morgan fingerprint density at radius 2 is 1.95 bits per heavy atom. The first kappa shape index (κ1) is 14.0. The highest BCUT2D eigenvalue weighted by Gasteiger charge is 2.22. The topological polar surface area (TPSA) is 41.7 Å². The molecule has 0 saturated carbocycles. The number of piperazine rings is 1. The lowest BCUT2D eigenvalue weighted by Crippen LogP contribution is -2.49. The Kier molecular flexibility index (Phi) is 4.53. The van der Waals surface area contributed by atoms with Crippen molar-refractivity contribution in [2.75, 3.05) is 43.9 Å². The number of para-hydroxylation sites is 1. The van der Waals surface area contributed by atoms with E-state index in [2.05, 4.69) is 29.7 Å². The summed E-state index contributed by atoms with van der Waals surface area (Å²) in [6.07, 6.45) is 1.21. The van der Waals surface area contributed by atoms with Crippen LogP contribution in [-0.4, -0.2) is 44.2 Å². The molecule has 1 unspecified atom stereocenters. The van der Waals surface area contributed by atoms with Gasteiger partial charge in [0.2, 0.25) is 0 Å². The molecule has 0 spiro atoms. The second-order valence-corrected chi connectivity index (χ2v) is 5.17. The van der Waals surface area contributed by atoms with Crippen molar-refractivity contribution in [1.82, 2.24) is 4.90 Å². The number of methoxy groups -OCH3 is 1. The molecule has 19 heavy (non-hydrogen) atoms. The van der Waals surface area contributed by atoms with Gasteiger partial charge in [-0.3, -0.25) is 4.90 Å². The van der Waals surface area contributed by atoms with Crippen molar-refractivity contribution in [2.24, 2.45) is 0 Å². The van der Waals surface area contributed by atoms with Gasteiger partial charge >= 0.3 is 0 Å². The van der Waals surface area contributed by atoms with Gasteiger partial charge in [0.15, 0.2) is 0 Å². The number of nitrogen functional groups attached to an aromatic ring is 1. The number of hydrogen-bond donors (Lipinski definition) is 1. The zero-order valence-electron chi connectivity index (χ0n) is 12.2. The lowest BCUT2D eigenvalue weighted by Gasteiger charge is -2.39. The molecule has 0 aliphatic carbocycles. The summed E-state index contributed by atoms with van der Waals surface area (Å²) in [5, 5.41) is 0. The van der Waals surface area contributed by atoms with Crippen molar-refractivity contribution < 1.29 is 4.74 Å². The molecule has 2 N–H and O–H groups in total. The first-order valence-electron chi connectivity index (χ1n) is 7.08. The predicted molar refractivity (Wildman–Crippen MR) is 80.9 cm³/mol. The van der Waals surface area contributed by atoms with Gasteiger partial charge in [-0.25, -0.2) is 0 Å². The zero-order chi connectivity index (χ0) is 13.8. The van der Waals surface area contributed by atoms with Crippen LogP contribution < -0.4 is 15.4 Å². The molecule has 4 heteroatoms. The Morgan fingerprint density at radius 1 is 1.26 bits per heavy atom. The van der Waals surface area contributed by atoms with Crippen molar-refractivity contribution in [2.45, 2.75) is 26.3 Å². The van der Waals surface area contributed by atoms with Gasteiger partial charge in [0.1, 0.15) is 5.75 Å². The minimum Gasteiger partial charge on any atom is -0.495 e. The van der Waals surface area contributed by atoms with Gasteiger partial charge in [-0.1, -0.05) is 13.0 Å². The molecule has 1 aliphatic rings. The van der Waals surface area contributed by atoms with E-state index in [0.29, 0.717) is 6.04 Å². The van der Waals surface area contributed by atoms with E-state index in [0.717, 1.165) is 43.3 Å². The molecule has 1 aliphatic heterocycles. The van der Waals surface area contributed by atoms with Gasteiger partial charge in [0, 0.05) is 32.2 Å². The van der Waals surface area contributed by atoms with Crippen molar-refractivity contribution in [1.29, 1.82) is 0 Å². The van der Waals surface area contributed by atoms with E-state index in [4.69, 9.17) is 10.5 Å². The fraction of sp³-hybridized carbons (Fsp3) is 0.600. The standard InChI is InChI=1S/C15H25N3O/c1-4-12(2)17-8-10-18(11-9-17)13-6-5-7-14(19-3)15(13)16/h5-7,12H,4,8-11,16H2,1-3H3. The molecular weight excluding hydrogens is 238 g/mol. The van der Waals surface area contributed by atoms with E-state index in [1.54, 1.807) is 7.11 Å². The highest BCUT2D eigenvalue weighted by Crippen LogP contribution is 2.32. The SMILES string of the molecule is CCC(C)N1CCN(c2cccc(OC)c2N)CC1. The average molecular weight is 263 g/mol. The maximum absolute atomic E-state index is 6.17. The number of ether oxygens (including phenoxy) is 1. The van der Waals surface area contributed by atoms with E-state index in [1.807, 2.05) is 12.1 Å². The highest BCUT2D eigenvalue weighted by atomic mass is 16.5. The number of benzene rings is 1. The highest BCUT2D eigenvalue weighted by molar-refractivity contribution is 5.74. The number of nitrogens with two attached hydrogens (primary N) is 1. The molecule has 2 rings (SSSR count). The van der Waals surface area contributed by atoms with Gasteiger partial charge < -0.3 is 15.4 Å². The molecule has 4 nitrogen and oxygen atoms in total. The van der Waals surface area contributed by atoms with Crippen LogP contribution in [0.3, 0.4) is 0 Å². The maximum atomic E-state index is 6.17. The van der Waals surface area contributed by atoms with Crippen LogP contribution >= 0.6 is 0 Å². The maximum Gasteiger partial charge on any atom is 0.143 e. The smallest absolute Gasteiger partial charge is 0.143 e. The Hall–Kier alpha value is -1.42. The molecule has 1 fully saturated rings. The Balaban J connectivity index is 2.06. The van der Waals surface area contributed by atoms with Gasteiger partial charge in [-0.05, 0) is 25.5 Å². The Bertz CT molecular complexity index is 414. The van der Waals surface area contributed by atoms with Crippen LogP contribution in [0.15, 0.2) is 18.2 Å². The molecule has 106 valence electrons. The summed E-state index contributed by atoms with van der Waals surface area (Å²) in [5.41, 5.74) is 8.02. The van der Waals surface area contributed by atoms with E-state index < -0.39 is 0 Å². The van der Waals surface area contributed by atoms with Crippen LogP contribution in [-0.2, 0) is 0 Å². The minimum absolute atomic E-state index is 0.671. The first-order valence-corrected chi connectivity index (χ1v) is 7.08. The summed E-state index contributed by atoms with van der Waals surface area (Å²) in [7, 11) is 1.66. The molecular formula is C15H25N3O. The molecule has 1 heterocycles. The van der Waals surface area contributed by atoms with Crippen molar-refractivity contribution in [3.05, 3.63) is 18.2 Å². The fourth-order valence-corrected chi connectivity index (χ4v) is 2.65. The van der Waals surface area contributed by atoms with Crippen LogP contribution in [0.4, 0.5) is 11.4 Å². The lowest BCUT2D eigenvalue weighted by molar-refractivity contribution is 0.193. The summed E-state index contributed by atoms with van der Waals surface area (Å²) in [6, 6.07) is 6.67. The van der Waals surface area contributed by atoms with Crippen molar-refractivity contribution in [3.63, 3.8) is 0 Å². The molecule has 0 aromatic heterocycles. The third-order valence-corrected chi connectivity index (χ3v) is 4.13. The van der Waals surface area contributed by atoms with Gasteiger partial charge in [-0.15, -0.1) is 0 Å². The van der Waals surface area contributed by atoms with Crippen LogP contribution in [0.1, 0.15) is 20.3 Å². The number of nitrogens with zero attached hydrogens (tertiary/aromatic N) is 2. The summed E-state index contributed by atoms with van der Waals surface area (Å²) < 4.78 is 5.29. The second-order valence-electron chi connectivity index (χ2n) is 5.17. The quantitative estimate of drug-likeness (QED) is 0.846. The fourth-order valence-electron chi connectivity index (χ4n) is 2.65. The van der Waals surface area contributed by atoms with E-state index in [9.17, 15) is 0 Å². The zero-order valence-corrected chi connectivity index (χ0v) is 12.2. The third kappa shape index (κ3) is 2.95. The summed E-state index contributed by atoms with van der Waals surface area (Å²) in [4.78, 5) is 4.91. The number of anilines is 2. The molecule has 1 aromatic rings. The van der Waals surface area contributed by atoms with E-state index in [-0.39, 0.29) is 0 Å². The van der Waals surface area contributed by atoms with Crippen LogP contribution in [0.2, 0.25) is 0 Å². The Labute approximate surface area is 116 Å². The van der Waals surface area contributed by atoms with E-state index in [1.165, 1.54) is 6.42 Å². The molecule has 0 bridgehead atoms. The van der Waals surface area contributed by atoms with Gasteiger partial charge in [0.25, 0.3) is 0 Å². The molecule has 1 atom stereocenters. The second kappa shape index (κ2) is 6.15. The average Bonchev–Trinajstić information content (AvgIpc) is 2.47. The summed E-state index contributed by atoms with van der Waals surface area (Å²) in [5.74, 6) is 0.766. The number of hydrogen-bond acceptors (Lipinski definition) is 4. The molecule has 1 aromatic carbocycles. The normalized spacial score (nSPS) is 18.4. The minimum atomic E-state index is 0.671. The molecule has 0 radical (unpaired) electrons. The third-order valence-electron chi connectivity index (χ3n) is 4.13. The van der Waals surface area contributed by atoms with Gasteiger partial charge in [-0.2, -0.15) is 0 Å². The van der Waals surface area contributed by atoms with Crippen LogP contribution in [0, 0.1) is 0 Å². The monoisotopic (exact) mass is 263 g/mol. The number of rotatable bonds is 4. The first-order chi connectivity index (χ1) is 9.17. The lowest BCUT2D eigenvalue weighted by atomic mass is 10.1. The van der Waals surface area contributed by atoms with E-state index >= 15 is 0 Å². The Morgan fingerprint density at radius 3 is 2.53 bits per heavy atom. The van der Waals surface area contributed by atoms with Crippen LogP contribution in [0.5, 0.6) is 5.75 Å². The summed E-state index contributed by atoms with van der Waals surface area (Å²) in [6.45, 7) is 8.81. The molecule has 1 saturated heterocycles. The van der Waals surface area contributed by atoms with Crippen molar-refractivity contribution in [3.8, 4) is 5.75 Å². The predicted octanol–water partition coefficient (Wildman–Crippen LogP) is 2.20. The van der Waals surface area contributed by atoms with Crippen molar-refractivity contribution >= 4 is 11.4 Å². The largest absolute Gasteiger partial charge is 0.495 e. The van der Waals surface area contributed by atoms with Crippen LogP contribution in [0.25, 0.3) is 0 Å². The van der Waals surface area contributed by atoms with Gasteiger partial charge in [0.05, 0.1) is 18.5 Å². The summed E-state index contributed by atoms with van der Waals surface area (Å²) >= 11 is 0.